The lowest BCUT2D eigenvalue weighted by atomic mass is 10.0. The Morgan fingerprint density at radius 3 is 2.29 bits per heavy atom. The lowest BCUT2D eigenvalue weighted by molar-refractivity contribution is -0.385. The molecule has 3 aromatic rings. The molecule has 4 rings (SSSR count). The Kier molecular flexibility index (Phi) is 6.70. The molecule has 0 fully saturated rings. The van der Waals surface area contributed by atoms with Crippen LogP contribution in [0, 0.1) is 10.1 Å². The van der Waals surface area contributed by atoms with Gasteiger partial charge in [0.1, 0.15) is 11.6 Å². The summed E-state index contributed by atoms with van der Waals surface area (Å²) < 4.78 is 5.21. The van der Waals surface area contributed by atoms with E-state index in [1.165, 1.54) is 36.4 Å². The van der Waals surface area contributed by atoms with Crippen LogP contribution in [0.3, 0.4) is 0 Å². The molecular weight excluding hydrogens is 476 g/mol. The van der Waals surface area contributed by atoms with Crippen LogP contribution in [0.4, 0.5) is 5.69 Å². The molecule has 0 radical (unpaired) electrons. The number of ketones is 1. The molecule has 0 saturated carbocycles. The summed E-state index contributed by atoms with van der Waals surface area (Å²) in [6, 6.07) is 16.8. The number of rotatable bonds is 8. The van der Waals surface area contributed by atoms with Crippen LogP contribution >= 0.6 is 11.6 Å². The monoisotopic (exact) mass is 492 g/mol. The number of ether oxygens (including phenoxy) is 1. The summed E-state index contributed by atoms with van der Waals surface area (Å²) in [6.07, 6.45) is -0.103. The molecule has 0 saturated heterocycles. The topological polar surface area (TPSA) is 124 Å². The van der Waals surface area contributed by atoms with Crippen LogP contribution in [-0.2, 0) is 16.0 Å². The van der Waals surface area contributed by atoms with E-state index in [1.54, 1.807) is 30.3 Å². The summed E-state index contributed by atoms with van der Waals surface area (Å²) in [6.45, 7) is -0.630. The van der Waals surface area contributed by atoms with Crippen molar-refractivity contribution in [2.75, 3.05) is 6.61 Å². The average Bonchev–Trinajstić information content (AvgIpc) is 3.11. The van der Waals surface area contributed by atoms with E-state index < -0.39 is 46.8 Å². The van der Waals surface area contributed by atoms with Gasteiger partial charge in [-0.05, 0) is 35.9 Å². The number of hydrogen-bond acceptors (Lipinski definition) is 7. The van der Waals surface area contributed by atoms with Gasteiger partial charge in [-0.2, -0.15) is 0 Å². The molecule has 0 bridgehead atoms. The molecule has 9 nitrogen and oxygen atoms in total. The minimum absolute atomic E-state index is 0.103. The lowest BCUT2D eigenvalue weighted by Gasteiger charge is -2.24. The largest absolute Gasteiger partial charge is 0.456 e. The zero-order valence-corrected chi connectivity index (χ0v) is 18.8. The van der Waals surface area contributed by atoms with Gasteiger partial charge in [-0.1, -0.05) is 48.0 Å². The molecule has 1 aliphatic heterocycles. The Morgan fingerprint density at radius 2 is 1.63 bits per heavy atom. The number of nitro groups is 1. The van der Waals surface area contributed by atoms with E-state index in [2.05, 4.69) is 0 Å². The number of halogens is 1. The maximum absolute atomic E-state index is 13.2. The second-order valence-corrected chi connectivity index (χ2v) is 8.12. The van der Waals surface area contributed by atoms with E-state index in [4.69, 9.17) is 16.3 Å². The highest BCUT2D eigenvalue weighted by molar-refractivity contribution is 6.30. The molecular formula is C25H17ClN2O7. The highest BCUT2D eigenvalue weighted by Crippen LogP contribution is 2.33. The van der Waals surface area contributed by atoms with E-state index in [0.29, 0.717) is 15.5 Å². The quantitative estimate of drug-likeness (QED) is 0.154. The minimum atomic E-state index is -1.44. The minimum Gasteiger partial charge on any atom is -0.456 e. The number of amides is 2. The number of hydrogen-bond donors (Lipinski definition) is 0. The van der Waals surface area contributed by atoms with E-state index in [-0.39, 0.29) is 23.1 Å². The van der Waals surface area contributed by atoms with Crippen LogP contribution < -0.4 is 0 Å². The normalized spacial score (nSPS) is 13.3. The number of benzene rings is 3. The number of carbonyl (C=O) groups is 4. The number of carbonyl (C=O) groups excluding carboxylic acids is 4. The SMILES string of the molecule is O=C(COC(=O)C(Cc1ccccc1)N1C(=O)c2cccc([N+](=O)[O-])c2C1=O)c1ccc(Cl)cc1. The van der Waals surface area contributed by atoms with Gasteiger partial charge in [0.2, 0.25) is 0 Å². The van der Waals surface area contributed by atoms with Crippen molar-refractivity contribution in [3.8, 4) is 0 Å². The van der Waals surface area contributed by atoms with Crippen molar-refractivity contribution in [1.82, 2.24) is 4.90 Å². The van der Waals surface area contributed by atoms with E-state index in [9.17, 15) is 29.3 Å². The maximum atomic E-state index is 13.2. The fourth-order valence-electron chi connectivity index (χ4n) is 3.79. The van der Waals surface area contributed by atoms with Crippen molar-refractivity contribution in [3.63, 3.8) is 0 Å². The van der Waals surface area contributed by atoms with Gasteiger partial charge < -0.3 is 4.74 Å². The van der Waals surface area contributed by atoms with Crippen LogP contribution in [0.5, 0.6) is 0 Å². The van der Waals surface area contributed by atoms with Crippen LogP contribution in [0.25, 0.3) is 0 Å². The smallest absolute Gasteiger partial charge is 0.330 e. The van der Waals surface area contributed by atoms with Crippen molar-refractivity contribution in [2.45, 2.75) is 12.5 Å². The molecule has 3 aromatic carbocycles. The molecule has 0 aromatic heterocycles. The number of nitrogens with zero attached hydrogens (tertiary/aromatic N) is 2. The predicted octanol–water partition coefficient (Wildman–Crippen LogP) is 3.88. The van der Waals surface area contributed by atoms with E-state index in [1.807, 2.05) is 0 Å². The zero-order chi connectivity index (χ0) is 25.1. The van der Waals surface area contributed by atoms with Gasteiger partial charge in [0.05, 0.1) is 10.5 Å². The Bertz CT molecular complexity index is 1340. The molecule has 2 amide bonds. The average molecular weight is 493 g/mol. The van der Waals surface area contributed by atoms with Crippen molar-refractivity contribution in [3.05, 3.63) is 110 Å². The second kappa shape index (κ2) is 9.86. The first kappa shape index (κ1) is 23.8. The molecule has 1 heterocycles. The Balaban J connectivity index is 1.62. The summed E-state index contributed by atoms with van der Waals surface area (Å²) >= 11 is 5.82. The third-order valence-electron chi connectivity index (χ3n) is 5.49. The predicted molar refractivity (Wildman–Crippen MR) is 124 cm³/mol. The summed E-state index contributed by atoms with van der Waals surface area (Å²) in [4.78, 5) is 63.2. The second-order valence-electron chi connectivity index (χ2n) is 7.68. The van der Waals surface area contributed by atoms with Crippen LogP contribution in [0.1, 0.15) is 36.6 Å². The summed E-state index contributed by atoms with van der Waals surface area (Å²) in [7, 11) is 0. The first-order chi connectivity index (χ1) is 16.8. The maximum Gasteiger partial charge on any atom is 0.330 e. The fraction of sp³-hybridized carbons (Fsp3) is 0.120. The molecule has 0 aliphatic carbocycles. The fourth-order valence-corrected chi connectivity index (χ4v) is 3.92. The first-order valence-corrected chi connectivity index (χ1v) is 10.8. The highest BCUT2D eigenvalue weighted by Gasteiger charge is 2.47. The number of esters is 1. The molecule has 176 valence electrons. The van der Waals surface area contributed by atoms with Gasteiger partial charge in [-0.15, -0.1) is 0 Å². The van der Waals surface area contributed by atoms with Gasteiger partial charge in [0, 0.05) is 23.1 Å². The standard InChI is InChI=1S/C25H17ClN2O7/c26-17-11-9-16(10-12-17)21(29)14-35-25(32)20(13-15-5-2-1-3-6-15)27-23(30)18-7-4-8-19(28(33)34)22(18)24(27)31/h1-12,20H,13-14H2. The Hall–Kier alpha value is -4.37. The third kappa shape index (κ3) is 4.80. The number of imide groups is 1. The summed E-state index contributed by atoms with van der Waals surface area (Å²) in [5.74, 6) is -3.32. The van der Waals surface area contributed by atoms with Crippen molar-refractivity contribution < 1.29 is 28.8 Å². The van der Waals surface area contributed by atoms with Crippen molar-refractivity contribution >= 4 is 40.9 Å². The van der Waals surface area contributed by atoms with Gasteiger partial charge in [0.15, 0.2) is 12.4 Å². The molecule has 1 unspecified atom stereocenters. The molecule has 1 atom stereocenters. The lowest BCUT2D eigenvalue weighted by Crippen LogP contribution is -2.47. The molecule has 1 aliphatic rings. The summed E-state index contributed by atoms with van der Waals surface area (Å²) in [5, 5.41) is 11.9. The van der Waals surface area contributed by atoms with Crippen LogP contribution in [0.2, 0.25) is 5.02 Å². The van der Waals surface area contributed by atoms with Crippen molar-refractivity contribution in [2.24, 2.45) is 0 Å². The van der Waals surface area contributed by atoms with E-state index in [0.717, 1.165) is 6.07 Å². The Labute approximate surface area is 204 Å². The molecule has 35 heavy (non-hydrogen) atoms. The molecule has 10 heteroatoms. The van der Waals surface area contributed by atoms with Gasteiger partial charge in [0.25, 0.3) is 17.5 Å². The molecule has 0 spiro atoms. The zero-order valence-electron chi connectivity index (χ0n) is 18.0. The Morgan fingerprint density at radius 1 is 0.943 bits per heavy atom. The van der Waals surface area contributed by atoms with Crippen LogP contribution in [-0.4, -0.2) is 46.0 Å². The number of nitro benzene ring substituents is 1. The first-order valence-electron chi connectivity index (χ1n) is 10.4. The van der Waals surface area contributed by atoms with Gasteiger partial charge in [-0.3, -0.25) is 29.4 Å². The third-order valence-corrected chi connectivity index (χ3v) is 5.74. The highest BCUT2D eigenvalue weighted by atomic mass is 35.5. The number of fused-ring (bicyclic) bond motifs is 1. The number of Topliss-reactive ketones (excluding diaryl/α,β-unsaturated/α-hetero) is 1. The van der Waals surface area contributed by atoms with Crippen LogP contribution in [0.15, 0.2) is 72.8 Å². The molecule has 0 N–H and O–H groups in total. The van der Waals surface area contributed by atoms with Gasteiger partial charge >= 0.3 is 5.97 Å². The van der Waals surface area contributed by atoms with Crippen molar-refractivity contribution in [1.29, 1.82) is 0 Å². The van der Waals surface area contributed by atoms with Gasteiger partial charge in [-0.25, -0.2) is 4.79 Å². The van der Waals surface area contributed by atoms with E-state index >= 15 is 0 Å². The summed E-state index contributed by atoms with van der Waals surface area (Å²) in [5.41, 5.74) is -0.214.